The summed E-state index contributed by atoms with van der Waals surface area (Å²) in [6, 6.07) is 56.8. The predicted octanol–water partition coefficient (Wildman–Crippen LogP) is 12.4. The number of aromatic nitrogens is 3. The summed E-state index contributed by atoms with van der Waals surface area (Å²) in [6.45, 7) is 12.5. The molecule has 0 aliphatic rings. The molecule has 56 heavy (non-hydrogen) atoms. The molecule has 3 aromatic heterocycles. The van der Waals surface area contributed by atoms with Gasteiger partial charge in [0, 0.05) is 38.2 Å². The standard InChI is InChI=1S/C26H17N2O.C24H28NSi.Ir/c1-2-9-18(10-3-1)17-28-23-15-6-5-14-22(23)27-26(28)21-13-8-12-20-19-11-4-7-16-24(19)29-25(20)21;1-18(2)14-22-16-23(25-17-24(22)26(3,4)5)21-13-9-12-20(15-21)19-10-7-6-8-11-19;/h1-12,14-16H,17H2;6-12,15-18H,14H2,1-5H3;/q2*-1;. The molecule has 0 atom stereocenters. The molecular formula is C50H45IrN3OSi-2. The number of rotatable bonds is 8. The third-order valence-electron chi connectivity index (χ3n) is 10.0. The molecule has 0 aliphatic carbocycles. The molecule has 9 aromatic rings. The SMILES string of the molecule is CC(C)Cc1cc(-c2[c-]ccc(-c3ccccc3)c2)ncc1[Si](C)(C)C.[Ir].[c-]1ccc2c(oc3ccccc32)c1-c1nc2ccccc2n1Cc1ccccc1. The summed E-state index contributed by atoms with van der Waals surface area (Å²) in [4.78, 5) is 9.79. The van der Waals surface area contributed by atoms with Crippen LogP contribution in [0.2, 0.25) is 19.6 Å². The van der Waals surface area contributed by atoms with Crippen LogP contribution < -0.4 is 5.19 Å². The number of nitrogens with zero attached hydrogens (tertiary/aromatic N) is 3. The molecule has 0 saturated carbocycles. The fourth-order valence-corrected chi connectivity index (χ4v) is 8.99. The number of hydrogen-bond donors (Lipinski definition) is 0. The Morgan fingerprint density at radius 1 is 0.714 bits per heavy atom. The van der Waals surface area contributed by atoms with Crippen LogP contribution in [-0.4, -0.2) is 22.6 Å². The van der Waals surface area contributed by atoms with E-state index in [1.54, 1.807) is 0 Å². The van der Waals surface area contributed by atoms with Gasteiger partial charge in [-0.2, -0.15) is 0 Å². The summed E-state index contributed by atoms with van der Waals surface area (Å²) in [7, 11) is -1.40. The molecule has 1 radical (unpaired) electrons. The predicted molar refractivity (Wildman–Crippen MR) is 232 cm³/mol. The molecule has 0 N–H and O–H groups in total. The molecule has 4 nitrogen and oxygen atoms in total. The largest absolute Gasteiger partial charge is 0.501 e. The van der Waals surface area contributed by atoms with Gasteiger partial charge in [0.2, 0.25) is 0 Å². The van der Waals surface area contributed by atoms with Crippen LogP contribution in [0.4, 0.5) is 0 Å². The second kappa shape index (κ2) is 16.8. The van der Waals surface area contributed by atoms with Gasteiger partial charge in [-0.15, -0.1) is 53.6 Å². The van der Waals surface area contributed by atoms with Gasteiger partial charge in [0.1, 0.15) is 5.58 Å². The van der Waals surface area contributed by atoms with E-state index in [-0.39, 0.29) is 20.1 Å². The monoisotopic (exact) mass is 924 g/mol. The second-order valence-electron chi connectivity index (χ2n) is 15.6. The van der Waals surface area contributed by atoms with Crippen molar-refractivity contribution in [2.24, 2.45) is 5.92 Å². The fourth-order valence-electron chi connectivity index (χ4n) is 7.40. The zero-order valence-electron chi connectivity index (χ0n) is 32.5. The van der Waals surface area contributed by atoms with Gasteiger partial charge >= 0.3 is 0 Å². The number of imidazole rings is 1. The van der Waals surface area contributed by atoms with E-state index >= 15 is 0 Å². The fraction of sp³-hybridized carbons (Fsp3) is 0.160. The zero-order chi connectivity index (χ0) is 37.9. The molecule has 0 fully saturated rings. The van der Waals surface area contributed by atoms with Gasteiger partial charge < -0.3 is 14.0 Å². The Labute approximate surface area is 344 Å². The van der Waals surface area contributed by atoms with Crippen LogP contribution in [0.25, 0.3) is 66.7 Å². The summed E-state index contributed by atoms with van der Waals surface area (Å²) in [5.41, 5.74) is 11.9. The van der Waals surface area contributed by atoms with Crippen LogP contribution in [-0.2, 0) is 33.1 Å². The minimum absolute atomic E-state index is 0. The molecule has 0 aliphatic heterocycles. The van der Waals surface area contributed by atoms with Crippen molar-refractivity contribution < 1.29 is 24.5 Å². The third-order valence-corrected chi connectivity index (χ3v) is 12.1. The van der Waals surface area contributed by atoms with Gasteiger partial charge in [-0.1, -0.05) is 147 Å². The second-order valence-corrected chi connectivity index (χ2v) is 20.7. The van der Waals surface area contributed by atoms with Gasteiger partial charge in [-0.05, 0) is 52.5 Å². The summed E-state index contributed by atoms with van der Waals surface area (Å²) < 4.78 is 8.51. The third kappa shape index (κ3) is 8.24. The van der Waals surface area contributed by atoms with Crippen LogP contribution in [0.5, 0.6) is 0 Å². The van der Waals surface area contributed by atoms with E-state index in [0.717, 1.165) is 68.6 Å². The van der Waals surface area contributed by atoms with E-state index in [1.165, 1.54) is 27.4 Å². The number of furan rings is 1. The molecule has 0 spiro atoms. The van der Waals surface area contributed by atoms with E-state index in [9.17, 15) is 0 Å². The van der Waals surface area contributed by atoms with Crippen molar-refractivity contribution in [3.63, 3.8) is 0 Å². The van der Waals surface area contributed by atoms with Gasteiger partial charge in [-0.3, -0.25) is 4.98 Å². The zero-order valence-corrected chi connectivity index (χ0v) is 35.9. The summed E-state index contributed by atoms with van der Waals surface area (Å²) in [6.07, 6.45) is 3.23. The van der Waals surface area contributed by atoms with Crippen LogP contribution in [0.1, 0.15) is 25.0 Å². The van der Waals surface area contributed by atoms with E-state index in [4.69, 9.17) is 14.4 Å². The Morgan fingerprint density at radius 3 is 2.18 bits per heavy atom. The Balaban J connectivity index is 0.000000170. The first-order valence-corrected chi connectivity index (χ1v) is 22.6. The normalized spacial score (nSPS) is 11.5. The molecule has 3 heterocycles. The van der Waals surface area contributed by atoms with Crippen LogP contribution >= 0.6 is 0 Å². The van der Waals surface area contributed by atoms with Crippen LogP contribution in [0, 0.1) is 18.1 Å². The maximum atomic E-state index is 6.25. The molecule has 281 valence electrons. The van der Waals surface area contributed by atoms with Crippen molar-refractivity contribution in [1.29, 1.82) is 0 Å². The van der Waals surface area contributed by atoms with Crippen molar-refractivity contribution in [3.8, 4) is 33.8 Å². The first-order valence-electron chi connectivity index (χ1n) is 19.1. The maximum absolute atomic E-state index is 6.25. The molecular weight excluding hydrogens is 879 g/mol. The van der Waals surface area contributed by atoms with Crippen molar-refractivity contribution in [2.75, 3.05) is 0 Å². The van der Waals surface area contributed by atoms with Gasteiger partial charge in [-0.25, -0.2) is 0 Å². The van der Waals surface area contributed by atoms with E-state index in [2.05, 4.69) is 153 Å². The number of hydrogen-bond acceptors (Lipinski definition) is 3. The topological polar surface area (TPSA) is 43.9 Å². The average Bonchev–Trinajstić information content (AvgIpc) is 3.77. The van der Waals surface area contributed by atoms with E-state index in [0.29, 0.717) is 5.92 Å². The summed E-state index contributed by atoms with van der Waals surface area (Å²) in [5, 5.41) is 3.69. The first kappa shape index (κ1) is 38.9. The number of pyridine rings is 1. The van der Waals surface area contributed by atoms with Crippen LogP contribution in [0.15, 0.2) is 156 Å². The quantitative estimate of drug-likeness (QED) is 0.113. The summed E-state index contributed by atoms with van der Waals surface area (Å²) >= 11 is 0. The maximum Gasteiger partial charge on any atom is 0.120 e. The number of para-hydroxylation sites is 3. The Kier molecular flexibility index (Phi) is 11.6. The minimum Gasteiger partial charge on any atom is -0.501 e. The van der Waals surface area contributed by atoms with Gasteiger partial charge in [0.15, 0.2) is 0 Å². The molecule has 0 amide bonds. The Hall–Kier alpha value is -5.39. The number of benzene rings is 6. The molecule has 0 unspecified atom stereocenters. The molecule has 9 rings (SSSR count). The van der Waals surface area contributed by atoms with Crippen molar-refractivity contribution in [2.45, 2.75) is 46.5 Å². The first-order chi connectivity index (χ1) is 26.7. The van der Waals surface area contributed by atoms with E-state index < -0.39 is 8.07 Å². The van der Waals surface area contributed by atoms with Crippen molar-refractivity contribution in [3.05, 3.63) is 175 Å². The molecule has 6 aromatic carbocycles. The average molecular weight is 924 g/mol. The molecule has 0 bridgehead atoms. The molecule has 0 saturated heterocycles. The Morgan fingerprint density at radius 2 is 1.41 bits per heavy atom. The van der Waals surface area contributed by atoms with Crippen molar-refractivity contribution in [1.82, 2.24) is 14.5 Å². The van der Waals surface area contributed by atoms with E-state index in [1.807, 2.05) is 48.5 Å². The summed E-state index contributed by atoms with van der Waals surface area (Å²) in [5.74, 6) is 1.51. The van der Waals surface area contributed by atoms with Crippen LogP contribution in [0.3, 0.4) is 0 Å². The smallest absolute Gasteiger partial charge is 0.120 e. The van der Waals surface area contributed by atoms with Gasteiger partial charge in [0.25, 0.3) is 0 Å². The minimum atomic E-state index is -1.40. The number of fused-ring (bicyclic) bond motifs is 4. The Bertz CT molecular complexity index is 2730. The van der Waals surface area contributed by atoms with Crippen molar-refractivity contribution >= 4 is 46.2 Å². The molecule has 6 heteroatoms. The van der Waals surface area contributed by atoms with Gasteiger partial charge in [0.05, 0.1) is 30.5 Å².